The molecule has 7 heteroatoms. The van der Waals surface area contributed by atoms with E-state index < -0.39 is 5.69 Å². The third-order valence-electron chi connectivity index (χ3n) is 4.34. The zero-order valence-electron chi connectivity index (χ0n) is 14.9. The predicted molar refractivity (Wildman–Crippen MR) is 103 cm³/mol. The van der Waals surface area contributed by atoms with Gasteiger partial charge in [-0.1, -0.05) is 29.8 Å². The topological polar surface area (TPSA) is 81.2 Å². The molecule has 3 rings (SSSR count). The van der Waals surface area contributed by atoms with Crippen LogP contribution in [-0.4, -0.2) is 22.6 Å². The first-order valence-electron chi connectivity index (χ1n) is 8.32. The smallest absolute Gasteiger partial charge is 0.329 e. The molecule has 1 N–H and O–H groups in total. The van der Waals surface area contributed by atoms with Gasteiger partial charge in [-0.15, -0.1) is 11.3 Å². The Kier molecular flexibility index (Phi) is 5.08. The maximum Gasteiger partial charge on any atom is 0.329 e. The number of hydrogen-bond acceptors (Lipinski definition) is 5. The summed E-state index contributed by atoms with van der Waals surface area (Å²) in [6.45, 7) is 4.12. The van der Waals surface area contributed by atoms with Crippen LogP contribution < -0.4 is 11.2 Å². The number of nitrogens with zero attached hydrogens (tertiary/aromatic N) is 1. The van der Waals surface area contributed by atoms with Crippen LogP contribution in [0.2, 0.25) is 0 Å². The fourth-order valence-electron chi connectivity index (χ4n) is 2.98. The van der Waals surface area contributed by atoms with Crippen molar-refractivity contribution in [2.45, 2.75) is 33.2 Å². The Hall–Kier alpha value is -2.67. The Bertz CT molecular complexity index is 1070. The number of methoxy groups -OCH3 is 1. The normalized spacial score (nSPS) is 11.0. The Balaban J connectivity index is 2.10. The van der Waals surface area contributed by atoms with Gasteiger partial charge in [-0.05, 0) is 25.8 Å². The summed E-state index contributed by atoms with van der Waals surface area (Å²) in [5.41, 5.74) is 2.16. The van der Waals surface area contributed by atoms with Crippen molar-refractivity contribution in [2.75, 3.05) is 7.11 Å². The molecular formula is C19H20N2O4S. The second-order valence-corrected chi connectivity index (χ2v) is 7.39. The lowest BCUT2D eigenvalue weighted by Gasteiger charge is -2.06. The number of aromatic amines is 1. The van der Waals surface area contributed by atoms with Gasteiger partial charge in [-0.25, -0.2) is 4.79 Å². The van der Waals surface area contributed by atoms with Crippen molar-refractivity contribution in [2.24, 2.45) is 0 Å². The molecule has 136 valence electrons. The van der Waals surface area contributed by atoms with Crippen LogP contribution in [0, 0.1) is 13.8 Å². The lowest BCUT2D eigenvalue weighted by molar-refractivity contribution is -0.140. The minimum atomic E-state index is -0.455. The van der Waals surface area contributed by atoms with E-state index in [9.17, 15) is 14.4 Å². The first-order valence-corrected chi connectivity index (χ1v) is 9.14. The molecular weight excluding hydrogens is 352 g/mol. The SMILES string of the molecule is COC(=O)CCCn1c(=O)[nH]c2sc(C)c(-c3ccc(C)cc3)c2c1=O. The molecule has 0 fully saturated rings. The van der Waals surface area contributed by atoms with E-state index in [0.29, 0.717) is 16.6 Å². The van der Waals surface area contributed by atoms with Crippen LogP contribution in [0.25, 0.3) is 21.3 Å². The number of carbonyl (C=O) groups is 1. The van der Waals surface area contributed by atoms with Crippen LogP contribution in [0.5, 0.6) is 0 Å². The summed E-state index contributed by atoms with van der Waals surface area (Å²) in [6, 6.07) is 7.96. The number of hydrogen-bond donors (Lipinski definition) is 1. The molecule has 0 aliphatic heterocycles. The highest BCUT2D eigenvalue weighted by Gasteiger charge is 2.18. The molecule has 0 saturated heterocycles. The van der Waals surface area contributed by atoms with Crippen molar-refractivity contribution in [1.29, 1.82) is 0 Å². The predicted octanol–water partition coefficient (Wildman–Crippen LogP) is 2.99. The number of H-pyrrole nitrogens is 1. The Morgan fingerprint density at radius 2 is 1.88 bits per heavy atom. The van der Waals surface area contributed by atoms with E-state index in [4.69, 9.17) is 0 Å². The number of benzene rings is 1. The van der Waals surface area contributed by atoms with Gasteiger partial charge in [0.1, 0.15) is 4.83 Å². The van der Waals surface area contributed by atoms with E-state index in [1.807, 2.05) is 38.1 Å². The third-order valence-corrected chi connectivity index (χ3v) is 5.36. The van der Waals surface area contributed by atoms with Gasteiger partial charge in [0, 0.05) is 23.4 Å². The summed E-state index contributed by atoms with van der Waals surface area (Å²) in [5, 5.41) is 0.522. The Morgan fingerprint density at radius 1 is 1.19 bits per heavy atom. The maximum absolute atomic E-state index is 13.0. The maximum atomic E-state index is 13.0. The third kappa shape index (κ3) is 3.35. The molecule has 1 aromatic carbocycles. The first kappa shape index (κ1) is 18.1. The number of aryl methyl sites for hydroxylation is 2. The van der Waals surface area contributed by atoms with E-state index in [1.54, 1.807) is 0 Å². The van der Waals surface area contributed by atoms with Gasteiger partial charge < -0.3 is 4.74 Å². The van der Waals surface area contributed by atoms with Gasteiger partial charge in [0.2, 0.25) is 0 Å². The number of ether oxygens (including phenoxy) is 1. The van der Waals surface area contributed by atoms with Gasteiger partial charge in [0.25, 0.3) is 5.56 Å². The van der Waals surface area contributed by atoms with Crippen LogP contribution in [-0.2, 0) is 16.1 Å². The Labute approximate surface area is 154 Å². The van der Waals surface area contributed by atoms with Crippen LogP contribution in [0.3, 0.4) is 0 Å². The van der Waals surface area contributed by atoms with E-state index in [1.165, 1.54) is 18.4 Å². The van der Waals surface area contributed by atoms with Crippen molar-refractivity contribution < 1.29 is 9.53 Å². The zero-order valence-corrected chi connectivity index (χ0v) is 15.7. The van der Waals surface area contributed by atoms with Crippen LogP contribution >= 0.6 is 11.3 Å². The summed E-state index contributed by atoms with van der Waals surface area (Å²) in [5.74, 6) is -0.359. The standard InChI is InChI=1S/C19H20N2O4S/c1-11-6-8-13(9-7-11)15-12(2)26-17-16(15)18(23)21(19(24)20-17)10-4-5-14(22)25-3/h6-9H,4-5,10H2,1-3H3,(H,20,24). The van der Waals surface area contributed by atoms with Crippen LogP contribution in [0.4, 0.5) is 0 Å². The van der Waals surface area contributed by atoms with Gasteiger partial charge >= 0.3 is 11.7 Å². The average Bonchev–Trinajstić information content (AvgIpc) is 2.94. The summed E-state index contributed by atoms with van der Waals surface area (Å²) < 4.78 is 5.76. The van der Waals surface area contributed by atoms with E-state index in [-0.39, 0.29) is 24.5 Å². The number of nitrogens with one attached hydrogen (secondary N) is 1. The Morgan fingerprint density at radius 3 is 2.54 bits per heavy atom. The van der Waals surface area contributed by atoms with E-state index in [0.717, 1.165) is 26.1 Å². The van der Waals surface area contributed by atoms with Crippen molar-refractivity contribution in [3.05, 3.63) is 55.5 Å². The van der Waals surface area contributed by atoms with Crippen LogP contribution in [0.1, 0.15) is 23.3 Å². The minimum absolute atomic E-state index is 0.161. The average molecular weight is 372 g/mol. The zero-order chi connectivity index (χ0) is 18.8. The molecule has 0 aliphatic carbocycles. The second-order valence-electron chi connectivity index (χ2n) is 6.17. The monoisotopic (exact) mass is 372 g/mol. The fourth-order valence-corrected chi connectivity index (χ4v) is 4.04. The summed E-state index contributed by atoms with van der Waals surface area (Å²) in [4.78, 5) is 40.9. The molecule has 0 aliphatic rings. The number of aromatic nitrogens is 2. The molecule has 0 amide bonds. The molecule has 26 heavy (non-hydrogen) atoms. The highest BCUT2D eigenvalue weighted by Crippen LogP contribution is 2.35. The van der Waals surface area contributed by atoms with Crippen LogP contribution in [0.15, 0.2) is 33.9 Å². The van der Waals surface area contributed by atoms with Crippen molar-refractivity contribution >= 4 is 27.5 Å². The number of thiophene rings is 1. The molecule has 0 unspecified atom stereocenters. The van der Waals surface area contributed by atoms with Crippen molar-refractivity contribution in [3.63, 3.8) is 0 Å². The van der Waals surface area contributed by atoms with E-state index in [2.05, 4.69) is 9.72 Å². The molecule has 2 heterocycles. The summed E-state index contributed by atoms with van der Waals surface area (Å²) in [7, 11) is 1.31. The first-order chi connectivity index (χ1) is 12.4. The molecule has 2 aromatic heterocycles. The molecule has 0 spiro atoms. The van der Waals surface area contributed by atoms with Gasteiger partial charge in [-0.3, -0.25) is 19.1 Å². The molecule has 0 saturated carbocycles. The van der Waals surface area contributed by atoms with Crippen molar-refractivity contribution in [3.8, 4) is 11.1 Å². The highest BCUT2D eigenvalue weighted by atomic mass is 32.1. The molecule has 6 nitrogen and oxygen atoms in total. The summed E-state index contributed by atoms with van der Waals surface area (Å²) >= 11 is 1.40. The fraction of sp³-hybridized carbons (Fsp3) is 0.316. The quantitative estimate of drug-likeness (QED) is 0.698. The van der Waals surface area contributed by atoms with Gasteiger partial charge in [0.15, 0.2) is 0 Å². The largest absolute Gasteiger partial charge is 0.469 e. The van der Waals surface area contributed by atoms with Crippen molar-refractivity contribution in [1.82, 2.24) is 9.55 Å². The molecule has 0 bridgehead atoms. The lowest BCUT2D eigenvalue weighted by Crippen LogP contribution is -2.35. The second kappa shape index (κ2) is 7.29. The number of fused-ring (bicyclic) bond motifs is 1. The molecule has 0 atom stereocenters. The van der Waals surface area contributed by atoms with Gasteiger partial charge in [-0.2, -0.15) is 0 Å². The summed E-state index contributed by atoms with van der Waals surface area (Å²) in [6.07, 6.45) is 0.526. The number of carbonyl (C=O) groups excluding carboxylic acids is 1. The highest BCUT2D eigenvalue weighted by molar-refractivity contribution is 7.19. The minimum Gasteiger partial charge on any atom is -0.469 e. The number of esters is 1. The van der Waals surface area contributed by atoms with E-state index >= 15 is 0 Å². The number of rotatable bonds is 5. The van der Waals surface area contributed by atoms with Gasteiger partial charge in [0.05, 0.1) is 12.5 Å². The lowest BCUT2D eigenvalue weighted by atomic mass is 10.0. The molecule has 0 radical (unpaired) electrons. The molecule has 3 aromatic rings.